The minimum atomic E-state index is -1.13. The first-order valence-electron chi connectivity index (χ1n) is 7.54. The maximum atomic E-state index is 11.2. The molecule has 0 saturated heterocycles. The number of hydrogen-bond acceptors (Lipinski definition) is 7. The lowest BCUT2D eigenvalue weighted by Gasteiger charge is -2.02. The number of carbonyl (C=O) groups is 1. The van der Waals surface area contributed by atoms with Crippen LogP contribution in [0, 0.1) is 10.1 Å². The van der Waals surface area contributed by atoms with Crippen molar-refractivity contribution in [3.63, 3.8) is 0 Å². The molecule has 0 spiro atoms. The van der Waals surface area contributed by atoms with Crippen molar-refractivity contribution in [2.45, 2.75) is 6.54 Å². The second kappa shape index (κ2) is 7.75. The number of carboxylic acids is 1. The molecule has 2 heterocycles. The molecule has 0 unspecified atom stereocenters. The quantitative estimate of drug-likeness (QED) is 0.364. The molecule has 3 rings (SSSR count). The summed E-state index contributed by atoms with van der Waals surface area (Å²) in [5.41, 5.74) is 0.418. The first-order chi connectivity index (χ1) is 12.9. The normalized spacial score (nSPS) is 11.0. The minimum Gasteiger partial charge on any atom is -0.478 e. The predicted octanol–water partition coefficient (Wildman–Crippen LogP) is 4.89. The molecule has 136 valence electrons. The van der Waals surface area contributed by atoms with E-state index < -0.39 is 10.9 Å². The number of rotatable bonds is 6. The van der Waals surface area contributed by atoms with Crippen molar-refractivity contribution in [3.8, 4) is 11.3 Å². The van der Waals surface area contributed by atoms with Crippen LogP contribution in [0.2, 0.25) is 5.02 Å². The monoisotopic (exact) mass is 386 g/mol. The second-order valence-corrected chi connectivity index (χ2v) is 5.70. The zero-order valence-corrected chi connectivity index (χ0v) is 14.3. The number of hydrogen-bond donors (Lipinski definition) is 1. The molecular weight excluding hydrogens is 376 g/mol. The molecule has 0 saturated carbocycles. The van der Waals surface area contributed by atoms with Crippen molar-refractivity contribution >= 4 is 29.1 Å². The number of halogens is 1. The van der Waals surface area contributed by atoms with Crippen LogP contribution < -0.4 is 0 Å². The topological polar surface area (TPSA) is 131 Å². The molecule has 1 N–H and O–H groups in total. The summed E-state index contributed by atoms with van der Waals surface area (Å²) in [7, 11) is 0. The van der Waals surface area contributed by atoms with Gasteiger partial charge < -0.3 is 9.52 Å². The molecular formula is C17H11ClN4O5. The van der Waals surface area contributed by atoms with Crippen LogP contribution in [0.1, 0.15) is 16.1 Å². The van der Waals surface area contributed by atoms with Crippen LogP contribution in [0.25, 0.3) is 11.3 Å². The maximum Gasteiger partial charge on any atom is 0.337 e. The molecule has 10 heteroatoms. The standard InChI is InChI=1S/C17H11ClN4O5/c18-14-4-1-10(7-13(14)17(23)24)15-5-3-12(27-15)9-20-21-16-6-2-11(8-19-16)22(25)26/h1-8H,9H2,(H,23,24). The molecule has 0 amide bonds. The lowest BCUT2D eigenvalue weighted by atomic mass is 10.1. The van der Waals surface area contributed by atoms with E-state index in [1.165, 1.54) is 24.3 Å². The molecule has 2 aromatic heterocycles. The summed E-state index contributed by atoms with van der Waals surface area (Å²) >= 11 is 5.86. The van der Waals surface area contributed by atoms with Crippen LogP contribution >= 0.6 is 11.6 Å². The number of pyridine rings is 1. The van der Waals surface area contributed by atoms with Gasteiger partial charge in [0.05, 0.1) is 15.5 Å². The first kappa shape index (κ1) is 18.2. The lowest BCUT2D eigenvalue weighted by Crippen LogP contribution is -1.97. The van der Waals surface area contributed by atoms with Gasteiger partial charge in [-0.15, -0.1) is 5.11 Å². The molecule has 27 heavy (non-hydrogen) atoms. The molecule has 0 aliphatic heterocycles. The van der Waals surface area contributed by atoms with Gasteiger partial charge in [-0.25, -0.2) is 9.78 Å². The van der Waals surface area contributed by atoms with E-state index in [4.69, 9.17) is 21.1 Å². The van der Waals surface area contributed by atoms with Crippen molar-refractivity contribution in [2.75, 3.05) is 0 Å². The zero-order chi connectivity index (χ0) is 19.4. The Bertz CT molecular complexity index is 1030. The van der Waals surface area contributed by atoms with Crippen molar-refractivity contribution in [2.24, 2.45) is 10.2 Å². The van der Waals surface area contributed by atoms with Gasteiger partial charge in [-0.05, 0) is 36.4 Å². The summed E-state index contributed by atoms with van der Waals surface area (Å²) < 4.78 is 5.63. The summed E-state index contributed by atoms with van der Waals surface area (Å²) in [6.07, 6.45) is 1.10. The number of nitrogens with zero attached hydrogens (tertiary/aromatic N) is 4. The third-order valence-electron chi connectivity index (χ3n) is 3.49. The smallest absolute Gasteiger partial charge is 0.337 e. The number of aromatic carboxylic acids is 1. The van der Waals surface area contributed by atoms with Gasteiger partial charge in [0, 0.05) is 11.6 Å². The Hall–Kier alpha value is -3.59. The number of aromatic nitrogens is 1. The Labute approximate surface area is 157 Å². The van der Waals surface area contributed by atoms with E-state index in [0.29, 0.717) is 17.1 Å². The summed E-state index contributed by atoms with van der Waals surface area (Å²) in [5.74, 6) is 0.0736. The van der Waals surface area contributed by atoms with E-state index >= 15 is 0 Å². The third kappa shape index (κ3) is 4.33. The number of benzene rings is 1. The molecule has 0 fully saturated rings. The van der Waals surface area contributed by atoms with Gasteiger partial charge in [0.15, 0.2) is 5.82 Å². The molecule has 9 nitrogen and oxygen atoms in total. The fourth-order valence-electron chi connectivity index (χ4n) is 2.18. The average Bonchev–Trinajstić information content (AvgIpc) is 3.11. The zero-order valence-electron chi connectivity index (χ0n) is 13.6. The summed E-state index contributed by atoms with van der Waals surface area (Å²) in [6.45, 7) is 0.123. The maximum absolute atomic E-state index is 11.2. The Morgan fingerprint density at radius 2 is 2.07 bits per heavy atom. The van der Waals surface area contributed by atoms with Gasteiger partial charge in [0.1, 0.15) is 24.3 Å². The van der Waals surface area contributed by atoms with E-state index in [9.17, 15) is 14.9 Å². The van der Waals surface area contributed by atoms with Gasteiger partial charge in [-0.2, -0.15) is 5.11 Å². The van der Waals surface area contributed by atoms with Crippen LogP contribution in [0.5, 0.6) is 0 Å². The molecule has 0 atom stereocenters. The van der Waals surface area contributed by atoms with Crippen molar-refractivity contribution in [1.29, 1.82) is 0 Å². The summed E-state index contributed by atoms with van der Waals surface area (Å²) in [4.78, 5) is 25.0. The van der Waals surface area contributed by atoms with E-state index in [0.717, 1.165) is 6.20 Å². The predicted molar refractivity (Wildman–Crippen MR) is 95.2 cm³/mol. The number of nitro groups is 1. The summed E-state index contributed by atoms with van der Waals surface area (Å²) in [6, 6.07) is 10.6. The molecule has 0 radical (unpaired) electrons. The number of azo groups is 1. The highest BCUT2D eigenvalue weighted by molar-refractivity contribution is 6.33. The van der Waals surface area contributed by atoms with E-state index in [-0.39, 0.29) is 28.6 Å². The highest BCUT2D eigenvalue weighted by atomic mass is 35.5. The number of carboxylic acid groups (broad SMARTS) is 1. The SMILES string of the molecule is O=C(O)c1cc(-c2ccc(CN=Nc3ccc([N+](=O)[O-])cn3)o2)ccc1Cl. The fourth-order valence-corrected chi connectivity index (χ4v) is 2.38. The van der Waals surface area contributed by atoms with Gasteiger partial charge >= 0.3 is 5.97 Å². The van der Waals surface area contributed by atoms with Crippen molar-refractivity contribution in [3.05, 3.63) is 75.1 Å². The van der Waals surface area contributed by atoms with E-state index in [1.54, 1.807) is 18.2 Å². The van der Waals surface area contributed by atoms with Crippen LogP contribution in [0.4, 0.5) is 11.5 Å². The van der Waals surface area contributed by atoms with Crippen LogP contribution in [-0.4, -0.2) is 21.0 Å². The lowest BCUT2D eigenvalue weighted by molar-refractivity contribution is -0.385. The van der Waals surface area contributed by atoms with Crippen LogP contribution in [-0.2, 0) is 6.54 Å². The molecule has 1 aromatic carbocycles. The van der Waals surface area contributed by atoms with Crippen molar-refractivity contribution in [1.82, 2.24) is 4.98 Å². The van der Waals surface area contributed by atoms with Gasteiger partial charge in [-0.1, -0.05) is 11.6 Å². The van der Waals surface area contributed by atoms with E-state index in [2.05, 4.69) is 15.2 Å². The number of furan rings is 1. The Kier molecular flexibility index (Phi) is 5.23. The molecule has 0 bridgehead atoms. The Morgan fingerprint density at radius 1 is 1.26 bits per heavy atom. The van der Waals surface area contributed by atoms with Crippen LogP contribution in [0.15, 0.2) is 63.3 Å². The highest BCUT2D eigenvalue weighted by Gasteiger charge is 2.12. The fraction of sp³-hybridized carbons (Fsp3) is 0.0588. The average molecular weight is 387 g/mol. The van der Waals surface area contributed by atoms with Crippen molar-refractivity contribution < 1.29 is 19.2 Å². The molecule has 0 aliphatic rings. The Morgan fingerprint density at radius 3 is 2.74 bits per heavy atom. The third-order valence-corrected chi connectivity index (χ3v) is 3.82. The summed E-state index contributed by atoms with van der Waals surface area (Å²) in [5, 5.41) is 27.6. The largest absolute Gasteiger partial charge is 0.478 e. The molecule has 0 aliphatic carbocycles. The van der Waals surface area contributed by atoms with Gasteiger partial charge in [-0.3, -0.25) is 10.1 Å². The second-order valence-electron chi connectivity index (χ2n) is 5.30. The van der Waals surface area contributed by atoms with Gasteiger partial charge in [0.2, 0.25) is 0 Å². The molecule has 3 aromatic rings. The minimum absolute atomic E-state index is 0.0175. The van der Waals surface area contributed by atoms with Crippen LogP contribution in [0.3, 0.4) is 0 Å². The Balaban J connectivity index is 1.70. The highest BCUT2D eigenvalue weighted by Crippen LogP contribution is 2.27. The first-order valence-corrected chi connectivity index (χ1v) is 7.91. The van der Waals surface area contributed by atoms with Gasteiger partial charge in [0.25, 0.3) is 5.69 Å². The van der Waals surface area contributed by atoms with E-state index in [1.807, 2.05) is 0 Å².